The Labute approximate surface area is 138 Å². The van der Waals surface area contributed by atoms with E-state index >= 15 is 0 Å². The Hall–Kier alpha value is -2.26. The lowest BCUT2D eigenvalue weighted by Crippen LogP contribution is -1.95. The number of aromatic hydroxyl groups is 1. The van der Waals surface area contributed by atoms with E-state index in [1.807, 2.05) is 13.0 Å². The Morgan fingerprint density at radius 2 is 2.14 bits per heavy atom. The maximum absolute atomic E-state index is 9.83. The van der Waals surface area contributed by atoms with Crippen LogP contribution in [0.5, 0.6) is 5.75 Å². The number of nitrogens with one attached hydrogen (secondary N) is 2. The molecule has 0 saturated heterocycles. The normalized spacial score (nSPS) is 11.4. The maximum Gasteiger partial charge on any atom is 0.216 e. The minimum atomic E-state index is 0.124. The summed E-state index contributed by atoms with van der Waals surface area (Å²) in [7, 11) is 0. The highest BCUT2D eigenvalue weighted by molar-refractivity contribution is 9.10. The zero-order valence-corrected chi connectivity index (χ0v) is 13.8. The van der Waals surface area contributed by atoms with Gasteiger partial charge in [0, 0.05) is 15.7 Å². The van der Waals surface area contributed by atoms with Crippen LogP contribution in [0.15, 0.2) is 33.8 Å². The first-order chi connectivity index (χ1) is 10.5. The number of H-pyrrole nitrogens is 2. The molecule has 22 heavy (non-hydrogen) atoms. The Morgan fingerprint density at radius 3 is 2.86 bits per heavy atom. The molecule has 3 N–H and O–H groups in total. The average Bonchev–Trinajstić information content (AvgIpc) is 3.06. The molecule has 0 amide bonds. The first-order valence-corrected chi connectivity index (χ1v) is 7.47. The van der Waals surface area contributed by atoms with Gasteiger partial charge in [-0.2, -0.15) is 20.0 Å². The van der Waals surface area contributed by atoms with Crippen LogP contribution >= 0.6 is 28.1 Å². The molecule has 9 heteroatoms. The Kier molecular flexibility index (Phi) is 3.90. The van der Waals surface area contributed by atoms with E-state index in [1.165, 1.54) is 10.9 Å². The Bertz CT molecular complexity index is 909. The van der Waals surface area contributed by atoms with Gasteiger partial charge in [-0.05, 0) is 43.4 Å². The van der Waals surface area contributed by atoms with Gasteiger partial charge in [0.15, 0.2) is 0 Å². The van der Waals surface area contributed by atoms with Gasteiger partial charge in [0.25, 0.3) is 0 Å². The molecule has 0 aliphatic heterocycles. The molecule has 0 spiro atoms. The second kappa shape index (κ2) is 5.85. The third kappa shape index (κ3) is 2.85. The van der Waals surface area contributed by atoms with E-state index in [4.69, 9.17) is 12.2 Å². The summed E-state index contributed by atoms with van der Waals surface area (Å²) in [6, 6.07) is 6.92. The van der Waals surface area contributed by atoms with E-state index in [2.05, 4.69) is 41.4 Å². The van der Waals surface area contributed by atoms with Gasteiger partial charge in [-0.15, -0.1) is 0 Å². The summed E-state index contributed by atoms with van der Waals surface area (Å²) in [5.74, 6) is 0.610. The Morgan fingerprint density at radius 1 is 1.32 bits per heavy atom. The molecule has 0 saturated carbocycles. The predicted molar refractivity (Wildman–Crippen MR) is 88.5 cm³/mol. The van der Waals surface area contributed by atoms with Crippen LogP contribution in [0.3, 0.4) is 0 Å². The number of aryl methyl sites for hydroxylation is 1. The van der Waals surface area contributed by atoms with Crippen LogP contribution in [0.2, 0.25) is 0 Å². The highest BCUT2D eigenvalue weighted by atomic mass is 79.9. The quantitative estimate of drug-likeness (QED) is 0.482. The lowest BCUT2D eigenvalue weighted by Gasteiger charge is -2.00. The fraction of sp³-hybridized carbons (Fsp3) is 0.0769. The number of hydrogen-bond acceptors (Lipinski definition) is 5. The molecular weight excluding hydrogens is 368 g/mol. The maximum atomic E-state index is 9.83. The van der Waals surface area contributed by atoms with E-state index in [0.717, 1.165) is 10.2 Å². The van der Waals surface area contributed by atoms with Crippen molar-refractivity contribution in [3.8, 4) is 17.3 Å². The van der Waals surface area contributed by atoms with Crippen molar-refractivity contribution in [2.24, 2.45) is 5.10 Å². The molecule has 112 valence electrons. The summed E-state index contributed by atoms with van der Waals surface area (Å²) in [4.78, 5) is 0. The van der Waals surface area contributed by atoms with Gasteiger partial charge in [-0.3, -0.25) is 5.10 Å². The van der Waals surface area contributed by atoms with Gasteiger partial charge in [-0.25, -0.2) is 5.10 Å². The summed E-state index contributed by atoms with van der Waals surface area (Å²) in [5.41, 5.74) is 2.09. The third-order valence-corrected chi connectivity index (χ3v) is 3.64. The van der Waals surface area contributed by atoms with Crippen LogP contribution in [0, 0.1) is 11.7 Å². The number of phenols is 1. The molecule has 1 aromatic carbocycles. The van der Waals surface area contributed by atoms with Crippen LogP contribution in [0.1, 0.15) is 11.3 Å². The van der Waals surface area contributed by atoms with E-state index < -0.39 is 0 Å². The van der Waals surface area contributed by atoms with Crippen LogP contribution in [-0.4, -0.2) is 36.4 Å². The van der Waals surface area contributed by atoms with Crippen molar-refractivity contribution < 1.29 is 5.11 Å². The van der Waals surface area contributed by atoms with Crippen molar-refractivity contribution in [3.05, 3.63) is 44.8 Å². The van der Waals surface area contributed by atoms with Crippen LogP contribution in [0.4, 0.5) is 0 Å². The lowest BCUT2D eigenvalue weighted by atomic mass is 10.2. The molecule has 0 atom stereocenters. The summed E-state index contributed by atoms with van der Waals surface area (Å²) < 4.78 is 2.62. The molecule has 0 fully saturated rings. The number of nitrogens with zero attached hydrogens (tertiary/aromatic N) is 4. The van der Waals surface area contributed by atoms with Crippen LogP contribution in [-0.2, 0) is 0 Å². The zero-order valence-electron chi connectivity index (χ0n) is 11.4. The summed E-state index contributed by atoms with van der Waals surface area (Å²) in [6.07, 6.45) is 1.51. The SMILES string of the molecule is Cc1cc(-c2n[nH]c(=S)n2/N=C\c2cc(Br)ccc2O)n[nH]1. The van der Waals surface area contributed by atoms with E-state index in [-0.39, 0.29) is 5.75 Å². The highest BCUT2D eigenvalue weighted by Gasteiger charge is 2.11. The molecule has 0 radical (unpaired) electrons. The average molecular weight is 379 g/mol. The van der Waals surface area contributed by atoms with Crippen LogP contribution < -0.4 is 0 Å². The molecule has 0 aliphatic rings. The number of phenolic OH excluding ortho intramolecular Hbond substituents is 1. The lowest BCUT2D eigenvalue weighted by molar-refractivity contribution is 0.474. The van der Waals surface area contributed by atoms with E-state index in [1.54, 1.807) is 18.2 Å². The minimum Gasteiger partial charge on any atom is -0.507 e. The molecule has 7 nitrogen and oxygen atoms in total. The van der Waals surface area contributed by atoms with Gasteiger partial charge in [0.2, 0.25) is 10.6 Å². The fourth-order valence-corrected chi connectivity index (χ4v) is 2.40. The number of rotatable bonds is 3. The van der Waals surface area contributed by atoms with Gasteiger partial charge in [0.1, 0.15) is 11.4 Å². The fourth-order valence-electron chi connectivity index (χ4n) is 1.85. The summed E-state index contributed by atoms with van der Waals surface area (Å²) >= 11 is 8.53. The number of hydrogen-bond donors (Lipinski definition) is 3. The van der Waals surface area contributed by atoms with Gasteiger partial charge < -0.3 is 5.11 Å². The van der Waals surface area contributed by atoms with Gasteiger partial charge in [-0.1, -0.05) is 15.9 Å². The zero-order chi connectivity index (χ0) is 15.7. The molecule has 3 rings (SSSR count). The first kappa shape index (κ1) is 14.7. The monoisotopic (exact) mass is 378 g/mol. The standard InChI is InChI=1S/C13H11BrN6OS/c1-7-4-10(17-16-7)12-18-19-13(22)20(12)15-6-8-5-9(14)2-3-11(8)21/h2-6,21H,1H3,(H,16,17)(H,19,22)/b15-6-. The summed E-state index contributed by atoms with van der Waals surface area (Å²) in [5, 5.41) is 27.9. The van der Waals surface area contributed by atoms with Crippen molar-refractivity contribution in [1.82, 2.24) is 25.1 Å². The Balaban J connectivity index is 2.02. The molecule has 2 aromatic heterocycles. The topological polar surface area (TPSA) is 94.9 Å². The predicted octanol–water partition coefficient (Wildman–Crippen LogP) is 2.99. The number of aromatic amines is 2. The molecule has 0 unspecified atom stereocenters. The molecule has 0 aliphatic carbocycles. The van der Waals surface area contributed by atoms with E-state index in [9.17, 15) is 5.11 Å². The van der Waals surface area contributed by atoms with Gasteiger partial charge in [0.05, 0.1) is 6.21 Å². The number of benzene rings is 1. The van der Waals surface area contributed by atoms with Gasteiger partial charge >= 0.3 is 0 Å². The van der Waals surface area contributed by atoms with Crippen molar-refractivity contribution in [3.63, 3.8) is 0 Å². The van der Waals surface area contributed by atoms with Crippen molar-refractivity contribution >= 4 is 34.4 Å². The second-order valence-corrected chi connectivity index (χ2v) is 5.85. The first-order valence-electron chi connectivity index (χ1n) is 6.27. The second-order valence-electron chi connectivity index (χ2n) is 4.55. The van der Waals surface area contributed by atoms with Crippen molar-refractivity contribution in [2.75, 3.05) is 0 Å². The van der Waals surface area contributed by atoms with Crippen molar-refractivity contribution in [1.29, 1.82) is 0 Å². The molecule has 3 aromatic rings. The smallest absolute Gasteiger partial charge is 0.216 e. The highest BCUT2D eigenvalue weighted by Crippen LogP contribution is 2.21. The molecule has 2 heterocycles. The molecular formula is C13H11BrN6OS. The van der Waals surface area contributed by atoms with Crippen LogP contribution in [0.25, 0.3) is 11.5 Å². The largest absolute Gasteiger partial charge is 0.507 e. The summed E-state index contributed by atoms with van der Waals surface area (Å²) in [6.45, 7) is 1.89. The number of aromatic nitrogens is 5. The third-order valence-electron chi connectivity index (χ3n) is 2.89. The number of halogens is 1. The molecule has 0 bridgehead atoms. The van der Waals surface area contributed by atoms with Crippen molar-refractivity contribution in [2.45, 2.75) is 6.92 Å². The van der Waals surface area contributed by atoms with E-state index in [0.29, 0.717) is 21.9 Å². The minimum absolute atomic E-state index is 0.124.